The number of nitrogens with one attached hydrogen (secondary N) is 2. The first-order valence-electron chi connectivity index (χ1n) is 7.33. The maximum Gasteiger partial charge on any atom is 0.0651 e. The number of fused-ring (bicyclic) bond motifs is 5. The summed E-state index contributed by atoms with van der Waals surface area (Å²) in [7, 11) is 0. The van der Waals surface area contributed by atoms with Gasteiger partial charge in [-0.05, 0) is 17.7 Å². The van der Waals surface area contributed by atoms with Crippen molar-refractivity contribution in [2.24, 2.45) is 0 Å². The second-order valence-electron chi connectivity index (χ2n) is 5.53. The molecule has 0 saturated carbocycles. The number of H-pyrrole nitrogens is 2. The second-order valence-corrected chi connectivity index (χ2v) is 5.53. The van der Waals surface area contributed by atoms with Gasteiger partial charge in [0.25, 0.3) is 0 Å². The summed E-state index contributed by atoms with van der Waals surface area (Å²) in [6, 6.07) is 16.9. The van der Waals surface area contributed by atoms with Crippen molar-refractivity contribution in [2.75, 3.05) is 0 Å². The number of benzene rings is 2. The number of hydrogen-bond donors (Lipinski definition) is 2. The Hall–Kier alpha value is -3.07. The molecule has 0 amide bonds. The minimum absolute atomic E-state index is 1.07. The number of aromatic amines is 2. The van der Waals surface area contributed by atoms with Crippen molar-refractivity contribution in [3.8, 4) is 11.1 Å². The van der Waals surface area contributed by atoms with Crippen molar-refractivity contribution in [3.05, 3.63) is 67.1 Å². The van der Waals surface area contributed by atoms with Crippen LogP contribution in [0.25, 0.3) is 43.8 Å². The Morgan fingerprint density at radius 1 is 0.818 bits per heavy atom. The zero-order valence-electron chi connectivity index (χ0n) is 11.8. The molecule has 0 radical (unpaired) electrons. The third-order valence-corrected chi connectivity index (χ3v) is 4.30. The molecule has 2 N–H and O–H groups in total. The van der Waals surface area contributed by atoms with Gasteiger partial charge in [-0.3, -0.25) is 4.98 Å². The van der Waals surface area contributed by atoms with Crippen LogP contribution in [-0.2, 0) is 0 Å². The quantitative estimate of drug-likeness (QED) is 0.453. The highest BCUT2D eigenvalue weighted by Crippen LogP contribution is 2.36. The normalized spacial score (nSPS) is 11.6. The highest BCUT2D eigenvalue weighted by molar-refractivity contribution is 6.20. The maximum absolute atomic E-state index is 4.22. The van der Waals surface area contributed by atoms with E-state index in [0.717, 1.165) is 11.0 Å². The predicted octanol–water partition coefficient (Wildman–Crippen LogP) is 4.86. The van der Waals surface area contributed by atoms with Crippen LogP contribution in [0.3, 0.4) is 0 Å². The standard InChI is InChI=1S/C19H13N3/c1-2-4-12(5-3-1)15-10-21-16-7-6-14-13-8-9-20-11-17(13)22-19(14)18(15)16/h1-11,21-22H. The summed E-state index contributed by atoms with van der Waals surface area (Å²) in [5.74, 6) is 0. The van der Waals surface area contributed by atoms with E-state index in [2.05, 4.69) is 63.6 Å². The van der Waals surface area contributed by atoms with Crippen LogP contribution in [0.1, 0.15) is 0 Å². The fraction of sp³-hybridized carbons (Fsp3) is 0. The van der Waals surface area contributed by atoms with Gasteiger partial charge in [-0.15, -0.1) is 0 Å². The van der Waals surface area contributed by atoms with Crippen molar-refractivity contribution in [2.45, 2.75) is 0 Å². The molecule has 0 atom stereocenters. The van der Waals surface area contributed by atoms with Gasteiger partial charge in [0.1, 0.15) is 0 Å². The third-order valence-electron chi connectivity index (χ3n) is 4.30. The lowest BCUT2D eigenvalue weighted by Crippen LogP contribution is -1.77. The Balaban J connectivity index is 1.97. The molecule has 3 aromatic heterocycles. The average molecular weight is 283 g/mol. The molecule has 0 aliphatic heterocycles. The number of aromatic nitrogens is 3. The second kappa shape index (κ2) is 4.21. The van der Waals surface area contributed by atoms with Gasteiger partial charge in [0.2, 0.25) is 0 Å². The number of pyridine rings is 1. The Bertz CT molecular complexity index is 1120. The fourth-order valence-electron chi connectivity index (χ4n) is 3.29. The van der Waals surface area contributed by atoms with Gasteiger partial charge in [0.05, 0.1) is 17.2 Å². The number of hydrogen-bond acceptors (Lipinski definition) is 1. The molecule has 0 aliphatic carbocycles. The van der Waals surface area contributed by atoms with E-state index in [0.29, 0.717) is 0 Å². The van der Waals surface area contributed by atoms with E-state index in [1.807, 2.05) is 18.5 Å². The molecule has 3 heterocycles. The zero-order valence-corrected chi connectivity index (χ0v) is 11.8. The van der Waals surface area contributed by atoms with Gasteiger partial charge in [-0.1, -0.05) is 36.4 Å². The first-order valence-corrected chi connectivity index (χ1v) is 7.33. The van der Waals surface area contributed by atoms with E-state index in [9.17, 15) is 0 Å². The molecule has 3 nitrogen and oxygen atoms in total. The van der Waals surface area contributed by atoms with Crippen LogP contribution in [0, 0.1) is 0 Å². The van der Waals surface area contributed by atoms with E-state index in [1.54, 1.807) is 0 Å². The lowest BCUT2D eigenvalue weighted by atomic mass is 10.0. The van der Waals surface area contributed by atoms with Crippen molar-refractivity contribution in [1.29, 1.82) is 0 Å². The monoisotopic (exact) mass is 283 g/mol. The summed E-state index contributed by atoms with van der Waals surface area (Å²) in [5, 5.41) is 3.69. The molecule has 0 bridgehead atoms. The SMILES string of the molecule is c1ccc(-c2c[nH]c3ccc4c5ccncc5[nH]c4c23)cc1. The minimum Gasteiger partial charge on any atom is -0.360 e. The summed E-state index contributed by atoms with van der Waals surface area (Å²) >= 11 is 0. The largest absolute Gasteiger partial charge is 0.360 e. The lowest BCUT2D eigenvalue weighted by Gasteiger charge is -2.00. The first-order chi connectivity index (χ1) is 10.9. The molecule has 0 spiro atoms. The molecule has 0 unspecified atom stereocenters. The molecule has 0 fully saturated rings. The topological polar surface area (TPSA) is 44.5 Å². The molecule has 0 saturated heterocycles. The van der Waals surface area contributed by atoms with Crippen molar-refractivity contribution >= 4 is 32.7 Å². The molecule has 5 rings (SSSR count). The van der Waals surface area contributed by atoms with Crippen LogP contribution in [-0.4, -0.2) is 15.0 Å². The predicted molar refractivity (Wildman–Crippen MR) is 90.9 cm³/mol. The van der Waals surface area contributed by atoms with Crippen molar-refractivity contribution in [1.82, 2.24) is 15.0 Å². The van der Waals surface area contributed by atoms with Gasteiger partial charge in [0, 0.05) is 39.6 Å². The summed E-state index contributed by atoms with van der Waals surface area (Å²) in [4.78, 5) is 11.1. The van der Waals surface area contributed by atoms with E-state index in [4.69, 9.17) is 0 Å². The van der Waals surface area contributed by atoms with Gasteiger partial charge >= 0.3 is 0 Å². The molecular formula is C19H13N3. The van der Waals surface area contributed by atoms with Crippen LogP contribution in [0.15, 0.2) is 67.1 Å². The van der Waals surface area contributed by atoms with Crippen molar-refractivity contribution < 1.29 is 0 Å². The maximum atomic E-state index is 4.22. The summed E-state index contributed by atoms with van der Waals surface area (Å²) in [5.41, 5.74) is 5.83. The number of nitrogens with zero attached hydrogens (tertiary/aromatic N) is 1. The Morgan fingerprint density at radius 2 is 1.73 bits per heavy atom. The Kier molecular flexibility index (Phi) is 2.22. The van der Waals surface area contributed by atoms with Crippen LogP contribution in [0.4, 0.5) is 0 Å². The summed E-state index contributed by atoms with van der Waals surface area (Å²) in [6.07, 6.45) is 5.81. The fourth-order valence-corrected chi connectivity index (χ4v) is 3.29. The lowest BCUT2D eigenvalue weighted by molar-refractivity contribution is 1.35. The van der Waals surface area contributed by atoms with Crippen molar-refractivity contribution in [3.63, 3.8) is 0 Å². The molecule has 3 heteroatoms. The molecule has 0 aliphatic rings. The molecule has 2 aromatic carbocycles. The van der Waals surface area contributed by atoms with Gasteiger partial charge in [-0.2, -0.15) is 0 Å². The summed E-state index contributed by atoms with van der Waals surface area (Å²) in [6.45, 7) is 0. The smallest absolute Gasteiger partial charge is 0.0651 e. The molecule has 5 aromatic rings. The van der Waals surface area contributed by atoms with E-state index < -0.39 is 0 Å². The van der Waals surface area contributed by atoms with Gasteiger partial charge < -0.3 is 9.97 Å². The van der Waals surface area contributed by atoms with Crippen LogP contribution >= 0.6 is 0 Å². The van der Waals surface area contributed by atoms with Gasteiger partial charge in [0.15, 0.2) is 0 Å². The highest BCUT2D eigenvalue weighted by Gasteiger charge is 2.13. The van der Waals surface area contributed by atoms with Crippen LogP contribution < -0.4 is 0 Å². The Morgan fingerprint density at radius 3 is 2.64 bits per heavy atom. The zero-order chi connectivity index (χ0) is 14.5. The summed E-state index contributed by atoms with van der Waals surface area (Å²) < 4.78 is 0. The number of rotatable bonds is 1. The van der Waals surface area contributed by atoms with E-state index >= 15 is 0 Å². The molecule has 104 valence electrons. The first kappa shape index (κ1) is 11.6. The van der Waals surface area contributed by atoms with Crippen LogP contribution in [0.5, 0.6) is 0 Å². The molecular weight excluding hydrogens is 270 g/mol. The van der Waals surface area contributed by atoms with Gasteiger partial charge in [-0.25, -0.2) is 0 Å². The highest BCUT2D eigenvalue weighted by atomic mass is 14.8. The van der Waals surface area contributed by atoms with E-state index in [1.165, 1.54) is 32.8 Å². The van der Waals surface area contributed by atoms with Crippen LogP contribution in [0.2, 0.25) is 0 Å². The van der Waals surface area contributed by atoms with E-state index in [-0.39, 0.29) is 0 Å². The molecule has 22 heavy (non-hydrogen) atoms. The minimum atomic E-state index is 1.07. The Labute approximate surface area is 126 Å². The third kappa shape index (κ3) is 1.48. The average Bonchev–Trinajstić information content (AvgIpc) is 3.16.